The molecule has 0 bridgehead atoms. The van der Waals surface area contributed by atoms with Gasteiger partial charge in [0.2, 0.25) is 5.60 Å². The van der Waals surface area contributed by atoms with E-state index in [1.54, 1.807) is 0 Å². The zero-order valence-corrected chi connectivity index (χ0v) is 20.8. The zero-order chi connectivity index (χ0) is 25.1. The van der Waals surface area contributed by atoms with Crippen molar-refractivity contribution in [1.82, 2.24) is 4.90 Å². The van der Waals surface area contributed by atoms with E-state index in [4.69, 9.17) is 9.47 Å². The number of ether oxygens (including phenoxy) is 2. The van der Waals surface area contributed by atoms with Crippen LogP contribution in [0.25, 0.3) is 0 Å². The Bertz CT molecular complexity index is 1040. The van der Waals surface area contributed by atoms with Crippen molar-refractivity contribution in [1.29, 1.82) is 0 Å². The number of likely N-dealkylation sites (tertiary alicyclic amines) is 1. The molecule has 4 rings (SSSR count). The average molecular weight is 486 g/mol. The summed E-state index contributed by atoms with van der Waals surface area (Å²) in [6.45, 7) is 3.03. The van der Waals surface area contributed by atoms with E-state index in [9.17, 15) is 9.59 Å². The molecule has 0 amide bonds. The van der Waals surface area contributed by atoms with Gasteiger partial charge in [-0.1, -0.05) is 97.4 Å². The Balaban J connectivity index is 1.58. The summed E-state index contributed by atoms with van der Waals surface area (Å²) >= 11 is 0. The van der Waals surface area contributed by atoms with Crippen molar-refractivity contribution in [3.8, 4) is 0 Å². The van der Waals surface area contributed by atoms with Gasteiger partial charge < -0.3 is 9.47 Å². The molecule has 0 spiro atoms. The molecule has 0 aliphatic carbocycles. The molecule has 0 unspecified atom stereocenters. The third-order valence-electron chi connectivity index (χ3n) is 6.63. The number of carbonyl (C=O) groups is 2. The van der Waals surface area contributed by atoms with Crippen LogP contribution >= 0.6 is 0 Å². The number of hydrogen-bond donors (Lipinski definition) is 0. The predicted octanol–water partition coefficient (Wildman–Crippen LogP) is 5.03. The zero-order valence-electron chi connectivity index (χ0n) is 20.8. The Labute approximate surface area is 214 Å². The summed E-state index contributed by atoms with van der Waals surface area (Å²) in [5, 5.41) is 0. The van der Waals surface area contributed by atoms with Crippen LogP contribution in [0.2, 0.25) is 0 Å². The summed E-state index contributed by atoms with van der Waals surface area (Å²) in [6.07, 6.45) is 4.18. The third-order valence-corrected chi connectivity index (χ3v) is 6.63. The smallest absolute Gasteiger partial charge is 0.351 e. The molecule has 36 heavy (non-hydrogen) atoms. The molecule has 5 heteroatoms. The van der Waals surface area contributed by atoms with Gasteiger partial charge in [0.1, 0.15) is 6.61 Å². The number of benzene rings is 3. The molecule has 0 N–H and O–H groups in total. The van der Waals surface area contributed by atoms with E-state index in [0.717, 1.165) is 29.8 Å². The molecule has 1 aliphatic rings. The number of piperidine rings is 1. The highest BCUT2D eigenvalue weighted by Gasteiger charge is 2.44. The Kier molecular flexibility index (Phi) is 9.28. The highest BCUT2D eigenvalue weighted by Crippen LogP contribution is 2.27. The van der Waals surface area contributed by atoms with Gasteiger partial charge in [-0.3, -0.25) is 9.69 Å². The first-order valence-corrected chi connectivity index (χ1v) is 12.9. The van der Waals surface area contributed by atoms with E-state index >= 15 is 0 Å². The third kappa shape index (κ3) is 7.53. The molecule has 1 aliphatic heterocycles. The molecule has 3 aromatic rings. The molecule has 1 heterocycles. The van der Waals surface area contributed by atoms with Crippen molar-refractivity contribution >= 4 is 11.9 Å². The maximum absolute atomic E-state index is 13.8. The fourth-order valence-electron chi connectivity index (χ4n) is 4.77. The van der Waals surface area contributed by atoms with Crippen LogP contribution in [-0.2, 0) is 38.3 Å². The van der Waals surface area contributed by atoms with E-state index in [1.807, 2.05) is 91.0 Å². The Morgan fingerprint density at radius 1 is 0.694 bits per heavy atom. The van der Waals surface area contributed by atoms with Crippen LogP contribution in [0.3, 0.4) is 0 Å². The summed E-state index contributed by atoms with van der Waals surface area (Å²) in [5.74, 6) is -0.935. The van der Waals surface area contributed by atoms with Crippen molar-refractivity contribution in [3.05, 3.63) is 108 Å². The highest BCUT2D eigenvalue weighted by molar-refractivity contribution is 5.85. The quantitative estimate of drug-likeness (QED) is 0.357. The topological polar surface area (TPSA) is 55.8 Å². The highest BCUT2D eigenvalue weighted by atomic mass is 16.6. The van der Waals surface area contributed by atoms with Crippen molar-refractivity contribution in [2.75, 3.05) is 26.2 Å². The van der Waals surface area contributed by atoms with Crippen LogP contribution in [0.4, 0.5) is 0 Å². The normalized spacial score (nSPS) is 14.2. The molecule has 3 aromatic carbocycles. The molecule has 5 nitrogen and oxygen atoms in total. The van der Waals surface area contributed by atoms with Gasteiger partial charge in [0.15, 0.2) is 0 Å². The van der Waals surface area contributed by atoms with Crippen LogP contribution in [0.1, 0.15) is 36.0 Å². The van der Waals surface area contributed by atoms with Crippen molar-refractivity contribution < 1.29 is 19.1 Å². The molecule has 188 valence electrons. The molecule has 0 radical (unpaired) electrons. The lowest BCUT2D eigenvalue weighted by atomic mass is 9.87. The fraction of sp³-hybridized carbons (Fsp3) is 0.355. The average Bonchev–Trinajstić information content (AvgIpc) is 2.91. The summed E-state index contributed by atoms with van der Waals surface area (Å²) in [5.41, 5.74) is 1.20. The molecular weight excluding hydrogens is 450 g/mol. The van der Waals surface area contributed by atoms with Gasteiger partial charge >= 0.3 is 11.9 Å². The second kappa shape index (κ2) is 13.0. The molecule has 1 fully saturated rings. The van der Waals surface area contributed by atoms with Crippen molar-refractivity contribution in [3.63, 3.8) is 0 Å². The lowest BCUT2D eigenvalue weighted by Gasteiger charge is -2.32. The van der Waals surface area contributed by atoms with Gasteiger partial charge in [0.05, 0.1) is 6.42 Å². The lowest BCUT2D eigenvalue weighted by Crippen LogP contribution is -2.49. The first-order valence-electron chi connectivity index (χ1n) is 12.9. The first kappa shape index (κ1) is 25.6. The van der Waals surface area contributed by atoms with Gasteiger partial charge in [-0.2, -0.15) is 0 Å². The van der Waals surface area contributed by atoms with Gasteiger partial charge in [0.25, 0.3) is 0 Å². The minimum Gasteiger partial charge on any atom is -0.461 e. The van der Waals surface area contributed by atoms with E-state index in [0.29, 0.717) is 6.54 Å². The minimum absolute atomic E-state index is 0.0905. The van der Waals surface area contributed by atoms with Crippen LogP contribution in [0.5, 0.6) is 0 Å². The van der Waals surface area contributed by atoms with Crippen LogP contribution in [-0.4, -0.2) is 48.7 Å². The molecule has 0 aromatic heterocycles. The summed E-state index contributed by atoms with van der Waals surface area (Å²) in [6, 6.07) is 28.8. The van der Waals surface area contributed by atoms with Crippen molar-refractivity contribution in [2.24, 2.45) is 0 Å². The number of hydrogen-bond acceptors (Lipinski definition) is 5. The van der Waals surface area contributed by atoms with E-state index in [2.05, 4.69) is 4.90 Å². The maximum atomic E-state index is 13.8. The van der Waals surface area contributed by atoms with E-state index in [1.165, 1.54) is 19.3 Å². The van der Waals surface area contributed by atoms with Crippen LogP contribution in [0.15, 0.2) is 91.0 Å². The summed E-state index contributed by atoms with van der Waals surface area (Å²) in [7, 11) is 0. The largest absolute Gasteiger partial charge is 0.461 e. The summed E-state index contributed by atoms with van der Waals surface area (Å²) in [4.78, 5) is 29.3. The van der Waals surface area contributed by atoms with E-state index in [-0.39, 0.29) is 25.9 Å². The monoisotopic (exact) mass is 485 g/mol. The van der Waals surface area contributed by atoms with Crippen LogP contribution in [0, 0.1) is 0 Å². The Morgan fingerprint density at radius 2 is 1.19 bits per heavy atom. The second-order valence-electron chi connectivity index (χ2n) is 9.49. The minimum atomic E-state index is -1.46. The SMILES string of the molecule is O=C(Cc1ccccc1)OC(Cc1ccccc1)(Cc1ccccc1)C(=O)OCCN1CCCCC1. The van der Waals surface area contributed by atoms with Gasteiger partial charge in [0, 0.05) is 19.4 Å². The molecule has 0 saturated carbocycles. The van der Waals surface area contributed by atoms with Gasteiger partial charge in [-0.25, -0.2) is 4.79 Å². The predicted molar refractivity (Wildman–Crippen MR) is 141 cm³/mol. The van der Waals surface area contributed by atoms with Crippen molar-refractivity contribution in [2.45, 2.75) is 44.1 Å². The Hall–Kier alpha value is -3.44. The first-order chi connectivity index (χ1) is 17.6. The van der Waals surface area contributed by atoms with Crippen LogP contribution < -0.4 is 0 Å². The van der Waals surface area contributed by atoms with Gasteiger partial charge in [-0.05, 0) is 42.6 Å². The lowest BCUT2D eigenvalue weighted by molar-refractivity contribution is -0.183. The standard InChI is InChI=1S/C31H35NO4/c33-29(23-26-13-5-1-6-14-26)36-31(24-27-15-7-2-8-16-27,25-28-17-9-3-10-18-28)30(34)35-22-21-32-19-11-4-12-20-32/h1-3,5-10,13-18H,4,11-12,19-25H2. The second-order valence-corrected chi connectivity index (χ2v) is 9.49. The number of carbonyl (C=O) groups excluding carboxylic acids is 2. The number of nitrogens with zero attached hydrogens (tertiary/aromatic N) is 1. The number of esters is 2. The fourth-order valence-corrected chi connectivity index (χ4v) is 4.77. The Morgan fingerprint density at radius 3 is 1.72 bits per heavy atom. The van der Waals surface area contributed by atoms with E-state index < -0.39 is 17.5 Å². The molecular formula is C31H35NO4. The van der Waals surface area contributed by atoms with Gasteiger partial charge in [-0.15, -0.1) is 0 Å². The summed E-state index contributed by atoms with van der Waals surface area (Å²) < 4.78 is 12.0. The number of rotatable bonds is 11. The molecule has 0 atom stereocenters. The molecule has 1 saturated heterocycles. The maximum Gasteiger partial charge on any atom is 0.351 e.